The van der Waals surface area contributed by atoms with Crippen molar-refractivity contribution < 1.29 is 0 Å². The van der Waals surface area contributed by atoms with E-state index in [9.17, 15) is 0 Å². The van der Waals surface area contributed by atoms with Crippen molar-refractivity contribution in [3.63, 3.8) is 0 Å². The molecule has 0 radical (unpaired) electrons. The maximum Gasteiger partial charge on any atom is 0.222 e. The van der Waals surface area contributed by atoms with Crippen molar-refractivity contribution >= 4 is 11.8 Å². The average Bonchev–Trinajstić information content (AvgIpc) is 3.06. The van der Waals surface area contributed by atoms with E-state index >= 15 is 0 Å². The minimum atomic E-state index is 0.290. The number of nitrogens with two attached hydrogens (primary N) is 1. The van der Waals surface area contributed by atoms with Crippen molar-refractivity contribution in [1.29, 1.82) is 0 Å². The van der Waals surface area contributed by atoms with Gasteiger partial charge in [-0.25, -0.2) is 4.98 Å². The van der Waals surface area contributed by atoms with Gasteiger partial charge in [0.2, 0.25) is 5.95 Å². The van der Waals surface area contributed by atoms with Gasteiger partial charge in [-0.05, 0) is 26.5 Å². The molecule has 0 aromatic carbocycles. The largest absolute Gasteiger partial charge is 0.368 e. The Kier molecular flexibility index (Phi) is 3.27. The van der Waals surface area contributed by atoms with Gasteiger partial charge in [-0.15, -0.1) is 0 Å². The van der Waals surface area contributed by atoms with Crippen LogP contribution in [0, 0.1) is 6.92 Å². The summed E-state index contributed by atoms with van der Waals surface area (Å²) in [6, 6.07) is 4.41. The van der Waals surface area contributed by atoms with Gasteiger partial charge in [0.25, 0.3) is 0 Å². The Bertz CT molecular complexity index is 607. The summed E-state index contributed by atoms with van der Waals surface area (Å²) < 4.78 is 0. The monoisotopic (exact) mass is 273 g/mol. The zero-order chi connectivity index (χ0) is 14.1. The normalized spacial score (nSPS) is 18.7. The molecule has 20 heavy (non-hydrogen) atoms. The highest BCUT2D eigenvalue weighted by Gasteiger charge is 2.23. The van der Waals surface area contributed by atoms with Gasteiger partial charge in [0.05, 0.1) is 17.1 Å². The standard InChI is InChI=1S/C13H19N7/c1-8-5-11(19-18-8)10-6-12(17-13(14)16-10)20-4-3-9(7-20)15-2/h5-6,9,15H,3-4,7H2,1-2H3,(H,18,19)(H2,14,16,17)/t9-/m1/s1. The fraction of sp³-hybridized carbons (Fsp3) is 0.462. The van der Waals surface area contributed by atoms with Crippen LogP contribution in [0.25, 0.3) is 11.4 Å². The Hall–Kier alpha value is -2.15. The number of anilines is 2. The van der Waals surface area contributed by atoms with Crippen molar-refractivity contribution in [1.82, 2.24) is 25.5 Å². The zero-order valence-electron chi connectivity index (χ0n) is 11.7. The molecule has 3 rings (SSSR count). The van der Waals surface area contributed by atoms with E-state index in [0.29, 0.717) is 6.04 Å². The van der Waals surface area contributed by atoms with Crippen LogP contribution in [0.1, 0.15) is 12.1 Å². The number of hydrogen-bond donors (Lipinski definition) is 3. The van der Waals surface area contributed by atoms with Crippen molar-refractivity contribution in [2.75, 3.05) is 30.8 Å². The molecule has 1 aliphatic heterocycles. The molecular formula is C13H19N7. The second kappa shape index (κ2) is 5.09. The van der Waals surface area contributed by atoms with Gasteiger partial charge in [-0.2, -0.15) is 10.1 Å². The van der Waals surface area contributed by atoms with Crippen molar-refractivity contribution in [2.45, 2.75) is 19.4 Å². The number of rotatable bonds is 3. The number of aromatic amines is 1. The smallest absolute Gasteiger partial charge is 0.222 e. The molecule has 0 bridgehead atoms. The molecule has 106 valence electrons. The molecule has 7 heteroatoms. The van der Waals surface area contributed by atoms with E-state index in [1.165, 1.54) is 0 Å². The molecule has 0 saturated carbocycles. The lowest BCUT2D eigenvalue weighted by molar-refractivity contribution is 0.616. The van der Waals surface area contributed by atoms with Crippen LogP contribution in [-0.4, -0.2) is 46.3 Å². The molecule has 1 fully saturated rings. The maximum atomic E-state index is 5.84. The Balaban J connectivity index is 1.91. The fourth-order valence-electron chi connectivity index (χ4n) is 2.51. The molecule has 0 unspecified atom stereocenters. The van der Waals surface area contributed by atoms with Gasteiger partial charge in [-0.3, -0.25) is 5.10 Å². The van der Waals surface area contributed by atoms with Gasteiger partial charge in [0, 0.05) is 25.2 Å². The Morgan fingerprint density at radius 3 is 2.90 bits per heavy atom. The maximum absolute atomic E-state index is 5.84. The lowest BCUT2D eigenvalue weighted by Gasteiger charge is -2.18. The quantitative estimate of drug-likeness (QED) is 0.756. The summed E-state index contributed by atoms with van der Waals surface area (Å²) >= 11 is 0. The van der Waals surface area contributed by atoms with Crippen LogP contribution in [0.5, 0.6) is 0 Å². The fourth-order valence-corrected chi connectivity index (χ4v) is 2.51. The molecule has 1 atom stereocenters. The highest BCUT2D eigenvalue weighted by Crippen LogP contribution is 2.24. The molecule has 2 aromatic heterocycles. The predicted octanol–water partition coefficient (Wildman–Crippen LogP) is 0.555. The van der Waals surface area contributed by atoms with E-state index in [1.54, 1.807) is 0 Å². The number of nitrogens with one attached hydrogen (secondary N) is 2. The van der Waals surface area contributed by atoms with Crippen LogP contribution in [0.3, 0.4) is 0 Å². The molecule has 3 heterocycles. The van der Waals surface area contributed by atoms with E-state index in [4.69, 9.17) is 5.73 Å². The van der Waals surface area contributed by atoms with Crippen molar-refractivity contribution in [2.24, 2.45) is 0 Å². The molecule has 1 saturated heterocycles. The van der Waals surface area contributed by atoms with Crippen LogP contribution in [0.2, 0.25) is 0 Å². The molecule has 7 nitrogen and oxygen atoms in total. The van der Waals surface area contributed by atoms with E-state index < -0.39 is 0 Å². The van der Waals surface area contributed by atoms with Crippen molar-refractivity contribution in [3.05, 3.63) is 17.8 Å². The summed E-state index contributed by atoms with van der Waals surface area (Å²) in [5.41, 5.74) is 8.41. The Labute approximate surface area is 117 Å². The van der Waals surface area contributed by atoms with E-state index in [2.05, 4.69) is 30.4 Å². The van der Waals surface area contributed by atoms with E-state index in [0.717, 1.165) is 42.4 Å². The minimum Gasteiger partial charge on any atom is -0.368 e. The lowest BCUT2D eigenvalue weighted by atomic mass is 10.2. The first-order valence-electron chi connectivity index (χ1n) is 6.75. The summed E-state index contributed by atoms with van der Waals surface area (Å²) in [6.45, 7) is 3.85. The zero-order valence-corrected chi connectivity index (χ0v) is 11.7. The number of H-pyrrole nitrogens is 1. The summed E-state index contributed by atoms with van der Waals surface area (Å²) in [4.78, 5) is 10.9. The predicted molar refractivity (Wildman–Crippen MR) is 78.4 cm³/mol. The van der Waals surface area contributed by atoms with Gasteiger partial charge >= 0.3 is 0 Å². The van der Waals surface area contributed by atoms with Gasteiger partial charge in [0.15, 0.2) is 0 Å². The molecule has 0 spiro atoms. The number of likely N-dealkylation sites (N-methyl/N-ethyl adjacent to an activating group) is 1. The Morgan fingerprint density at radius 1 is 1.40 bits per heavy atom. The summed E-state index contributed by atoms with van der Waals surface area (Å²) in [5, 5.41) is 10.4. The van der Waals surface area contributed by atoms with Gasteiger partial charge < -0.3 is 16.0 Å². The third-order valence-electron chi connectivity index (χ3n) is 3.63. The lowest BCUT2D eigenvalue weighted by Crippen LogP contribution is -2.30. The molecule has 0 aliphatic carbocycles. The summed E-state index contributed by atoms with van der Waals surface area (Å²) in [7, 11) is 1.99. The summed E-state index contributed by atoms with van der Waals surface area (Å²) in [5.74, 6) is 1.16. The van der Waals surface area contributed by atoms with Gasteiger partial charge in [0.1, 0.15) is 5.82 Å². The molecule has 0 amide bonds. The molecule has 1 aliphatic rings. The second-order valence-electron chi connectivity index (χ2n) is 5.11. The first-order valence-corrected chi connectivity index (χ1v) is 6.75. The SMILES string of the molecule is CN[C@@H]1CCN(c2cc(-c3cc(C)n[nH]3)nc(N)n2)C1. The second-order valence-corrected chi connectivity index (χ2v) is 5.11. The van der Waals surface area contributed by atoms with Crippen LogP contribution in [-0.2, 0) is 0 Å². The third-order valence-corrected chi connectivity index (χ3v) is 3.63. The van der Waals surface area contributed by atoms with Crippen molar-refractivity contribution in [3.8, 4) is 11.4 Å². The molecule has 4 N–H and O–H groups in total. The minimum absolute atomic E-state index is 0.290. The van der Waals surface area contributed by atoms with E-state index in [-0.39, 0.29) is 5.95 Å². The van der Waals surface area contributed by atoms with Gasteiger partial charge in [-0.1, -0.05) is 0 Å². The number of nitrogens with zero attached hydrogens (tertiary/aromatic N) is 4. The Morgan fingerprint density at radius 2 is 2.25 bits per heavy atom. The van der Waals surface area contributed by atoms with Crippen LogP contribution in [0.4, 0.5) is 11.8 Å². The first-order chi connectivity index (χ1) is 9.65. The third kappa shape index (κ3) is 2.44. The molecular weight excluding hydrogens is 254 g/mol. The highest BCUT2D eigenvalue weighted by molar-refractivity contribution is 5.61. The highest BCUT2D eigenvalue weighted by atomic mass is 15.2. The molecule has 2 aromatic rings. The number of nitrogen functional groups attached to an aromatic ring is 1. The topological polar surface area (TPSA) is 95.8 Å². The first kappa shape index (κ1) is 12.9. The summed E-state index contributed by atoms with van der Waals surface area (Å²) in [6.07, 6.45) is 1.11. The van der Waals surface area contributed by atoms with Crippen LogP contribution >= 0.6 is 0 Å². The number of aromatic nitrogens is 4. The number of aryl methyl sites for hydroxylation is 1. The average molecular weight is 273 g/mol. The van der Waals surface area contributed by atoms with E-state index in [1.807, 2.05) is 26.1 Å². The van der Waals surface area contributed by atoms with Crippen LogP contribution in [0.15, 0.2) is 12.1 Å². The number of hydrogen-bond acceptors (Lipinski definition) is 6. The van der Waals surface area contributed by atoms with Crippen LogP contribution < -0.4 is 16.0 Å².